The van der Waals surface area contributed by atoms with Crippen LogP contribution in [0.1, 0.15) is 11.1 Å². The van der Waals surface area contributed by atoms with Crippen molar-refractivity contribution in [1.29, 1.82) is 5.41 Å². The van der Waals surface area contributed by atoms with Gasteiger partial charge in [-0.05, 0) is 11.6 Å². The Bertz CT molecular complexity index is 1050. The molecule has 0 spiro atoms. The van der Waals surface area contributed by atoms with Gasteiger partial charge in [0.25, 0.3) is 0 Å². The zero-order chi connectivity index (χ0) is 23.8. The summed E-state index contributed by atoms with van der Waals surface area (Å²) in [5.74, 6) is -2.11. The number of carboxylic acid groups (broad SMARTS) is 1. The number of nitrogens with zero attached hydrogens (tertiary/aromatic N) is 4. The van der Waals surface area contributed by atoms with E-state index in [9.17, 15) is 23.1 Å². The number of anilines is 2. The summed E-state index contributed by atoms with van der Waals surface area (Å²) in [6.07, 6.45) is -1.64. The normalized spacial score (nSPS) is 16.8. The summed E-state index contributed by atoms with van der Waals surface area (Å²) < 4.78 is 57.8. The van der Waals surface area contributed by atoms with Crippen molar-refractivity contribution >= 4 is 35.3 Å². The Balaban J connectivity index is 2.05. The summed E-state index contributed by atoms with van der Waals surface area (Å²) in [6.45, 7) is 8.03. The van der Waals surface area contributed by atoms with Gasteiger partial charge in [-0.25, -0.2) is 14.2 Å². The molecule has 7 nitrogen and oxygen atoms in total. The van der Waals surface area contributed by atoms with Gasteiger partial charge >= 0.3 is 12.1 Å². The van der Waals surface area contributed by atoms with Crippen LogP contribution in [0.2, 0.25) is 0 Å². The lowest BCUT2D eigenvalue weighted by molar-refractivity contribution is -0.136. The minimum atomic E-state index is -4.90. The van der Waals surface area contributed by atoms with E-state index in [1.165, 1.54) is 18.2 Å². The number of nitrogens with one attached hydrogen (secondary N) is 1. The third kappa shape index (κ3) is 4.10. The Morgan fingerprint density at radius 1 is 1.25 bits per heavy atom. The van der Waals surface area contributed by atoms with Gasteiger partial charge in [0.05, 0.1) is 16.9 Å². The van der Waals surface area contributed by atoms with E-state index in [0.717, 1.165) is 23.4 Å². The lowest BCUT2D eigenvalue weighted by atomic mass is 9.90. The van der Waals surface area contributed by atoms with Crippen LogP contribution in [0.5, 0.6) is 0 Å². The molecule has 0 atom stereocenters. The first-order valence-corrected chi connectivity index (χ1v) is 9.50. The molecule has 2 aliphatic rings. The van der Waals surface area contributed by atoms with E-state index in [0.29, 0.717) is 5.82 Å². The standard InChI is InChI=1S/C21H21F4N5O2/c1-12-14-10-16(22)19(30-8-6-29(7-9-30)13(2)27-5-4-26)17(21(23,24)25)18(14)28(3)11-15(12)20(31)32/h4-5,10-11,26H,1-2,6-9H2,3H3,(H,31,32)/b26-4?,27-5-. The van der Waals surface area contributed by atoms with Crippen molar-refractivity contribution in [2.24, 2.45) is 4.99 Å². The number of benzene rings is 1. The number of alkyl halides is 3. The number of aliphatic imine (C=N–C) groups is 1. The van der Waals surface area contributed by atoms with Crippen LogP contribution in [-0.4, -0.2) is 61.6 Å². The molecule has 0 saturated carbocycles. The highest BCUT2D eigenvalue weighted by atomic mass is 19.4. The second-order valence-electron chi connectivity index (χ2n) is 7.25. The summed E-state index contributed by atoms with van der Waals surface area (Å²) in [5, 5.41) is 16.3. The molecule has 1 saturated heterocycles. The molecule has 1 aromatic rings. The molecule has 32 heavy (non-hydrogen) atoms. The van der Waals surface area contributed by atoms with Gasteiger partial charge in [0.2, 0.25) is 0 Å². The summed E-state index contributed by atoms with van der Waals surface area (Å²) in [7, 11) is 1.29. The number of piperazine rings is 1. The van der Waals surface area contributed by atoms with Crippen LogP contribution in [-0.2, 0) is 11.0 Å². The highest BCUT2D eigenvalue weighted by molar-refractivity contribution is 6.14. The molecule has 170 valence electrons. The van der Waals surface area contributed by atoms with Crippen molar-refractivity contribution in [3.8, 4) is 0 Å². The van der Waals surface area contributed by atoms with Gasteiger partial charge < -0.3 is 25.2 Å². The average Bonchev–Trinajstić information content (AvgIpc) is 2.73. The fourth-order valence-electron chi connectivity index (χ4n) is 3.86. The van der Waals surface area contributed by atoms with Gasteiger partial charge in [-0.3, -0.25) is 0 Å². The van der Waals surface area contributed by atoms with Crippen molar-refractivity contribution < 1.29 is 27.5 Å². The smallest absolute Gasteiger partial charge is 0.420 e. The molecule has 11 heteroatoms. The quantitative estimate of drug-likeness (QED) is 0.528. The number of halogens is 4. The number of carboxylic acids is 1. The van der Waals surface area contributed by atoms with Gasteiger partial charge in [0.1, 0.15) is 17.2 Å². The number of hydrogen-bond donors (Lipinski definition) is 2. The zero-order valence-corrected chi connectivity index (χ0v) is 17.2. The maximum absolute atomic E-state index is 15.2. The summed E-state index contributed by atoms with van der Waals surface area (Å²) >= 11 is 0. The molecule has 0 bridgehead atoms. The summed E-state index contributed by atoms with van der Waals surface area (Å²) in [6, 6.07) is 0.911. The van der Waals surface area contributed by atoms with E-state index in [1.54, 1.807) is 4.90 Å². The van der Waals surface area contributed by atoms with Crippen LogP contribution >= 0.6 is 0 Å². The fourth-order valence-corrected chi connectivity index (χ4v) is 3.86. The maximum atomic E-state index is 15.2. The van der Waals surface area contributed by atoms with E-state index < -0.39 is 29.2 Å². The first kappa shape index (κ1) is 23.0. The Labute approximate surface area is 181 Å². The predicted octanol–water partition coefficient (Wildman–Crippen LogP) is 3.59. The maximum Gasteiger partial charge on any atom is 0.420 e. The van der Waals surface area contributed by atoms with Crippen LogP contribution in [0.3, 0.4) is 0 Å². The highest BCUT2D eigenvalue weighted by Gasteiger charge is 2.43. The van der Waals surface area contributed by atoms with E-state index in [2.05, 4.69) is 18.2 Å². The number of rotatable bonds is 5. The van der Waals surface area contributed by atoms with Crippen molar-refractivity contribution in [1.82, 2.24) is 4.90 Å². The number of fused-ring (bicyclic) bond motifs is 1. The predicted molar refractivity (Wildman–Crippen MR) is 115 cm³/mol. The van der Waals surface area contributed by atoms with Gasteiger partial charge in [0, 0.05) is 57.4 Å². The monoisotopic (exact) mass is 451 g/mol. The van der Waals surface area contributed by atoms with Crippen molar-refractivity contribution in [2.45, 2.75) is 6.18 Å². The molecular formula is C21H21F4N5O2. The molecular weight excluding hydrogens is 430 g/mol. The van der Waals surface area contributed by atoms with Crippen LogP contribution in [0.15, 0.2) is 41.8 Å². The minimum Gasteiger partial charge on any atom is -0.478 e. The van der Waals surface area contributed by atoms with Crippen LogP contribution in [0.25, 0.3) is 5.57 Å². The van der Waals surface area contributed by atoms with E-state index >= 15 is 4.39 Å². The minimum absolute atomic E-state index is 0.0821. The van der Waals surface area contributed by atoms with E-state index in [-0.39, 0.29) is 48.6 Å². The Kier molecular flexibility index (Phi) is 6.11. The summed E-state index contributed by atoms with van der Waals surface area (Å²) in [5.41, 5.74) is -2.81. The number of hydrogen-bond acceptors (Lipinski definition) is 6. The van der Waals surface area contributed by atoms with Crippen molar-refractivity contribution in [3.63, 3.8) is 0 Å². The summed E-state index contributed by atoms with van der Waals surface area (Å²) in [4.78, 5) is 19.5. The Morgan fingerprint density at radius 3 is 2.41 bits per heavy atom. The van der Waals surface area contributed by atoms with Gasteiger partial charge in [-0.15, -0.1) is 0 Å². The first-order chi connectivity index (χ1) is 15.0. The molecule has 2 aliphatic heterocycles. The van der Waals surface area contributed by atoms with Crippen LogP contribution in [0, 0.1) is 11.2 Å². The SMILES string of the molecule is C=C1C(C(=O)O)=CN(C)c2c1cc(F)c(N1CCN(C(=C)/N=C\C=N)CC1)c2C(F)(F)F. The second kappa shape index (κ2) is 8.48. The van der Waals surface area contributed by atoms with E-state index in [1.807, 2.05) is 0 Å². The fraction of sp³-hybridized carbons (Fsp3) is 0.286. The zero-order valence-electron chi connectivity index (χ0n) is 17.2. The Hall–Kier alpha value is -3.63. The first-order valence-electron chi connectivity index (χ1n) is 9.50. The van der Waals surface area contributed by atoms with Gasteiger partial charge in [-0.1, -0.05) is 13.2 Å². The van der Waals surface area contributed by atoms with Crippen LogP contribution < -0.4 is 9.80 Å². The largest absolute Gasteiger partial charge is 0.478 e. The topological polar surface area (TPSA) is 83.2 Å². The average molecular weight is 451 g/mol. The highest BCUT2D eigenvalue weighted by Crippen LogP contribution is 2.50. The molecule has 0 radical (unpaired) electrons. The number of carbonyl (C=O) groups is 1. The van der Waals surface area contributed by atoms with Gasteiger partial charge in [0.15, 0.2) is 0 Å². The second-order valence-corrected chi connectivity index (χ2v) is 7.25. The third-order valence-corrected chi connectivity index (χ3v) is 5.32. The number of aliphatic carboxylic acids is 1. The van der Waals surface area contributed by atoms with Crippen molar-refractivity contribution in [3.05, 3.63) is 53.8 Å². The lowest BCUT2D eigenvalue weighted by Gasteiger charge is -2.39. The molecule has 2 N–H and O–H groups in total. The van der Waals surface area contributed by atoms with Crippen LogP contribution in [0.4, 0.5) is 28.9 Å². The molecule has 1 fully saturated rings. The molecule has 0 aliphatic carbocycles. The molecule has 3 rings (SSSR count). The molecule has 0 aromatic heterocycles. The molecule has 1 aromatic carbocycles. The van der Waals surface area contributed by atoms with E-state index in [4.69, 9.17) is 5.41 Å². The van der Waals surface area contributed by atoms with Gasteiger partial charge in [-0.2, -0.15) is 13.2 Å². The van der Waals surface area contributed by atoms with Crippen molar-refractivity contribution in [2.75, 3.05) is 43.0 Å². The lowest BCUT2D eigenvalue weighted by Crippen LogP contribution is -2.46. The third-order valence-electron chi connectivity index (χ3n) is 5.32. The molecule has 0 amide bonds. The molecule has 0 unspecified atom stereocenters. The molecule has 2 heterocycles. The Morgan fingerprint density at radius 2 is 1.88 bits per heavy atom.